The zero-order chi connectivity index (χ0) is 10.6. The van der Waals surface area contributed by atoms with Gasteiger partial charge in [0, 0.05) is 6.04 Å². The molecule has 0 aromatic heterocycles. The summed E-state index contributed by atoms with van der Waals surface area (Å²) in [6.45, 7) is 4.14. The van der Waals surface area contributed by atoms with E-state index in [0.717, 1.165) is 0 Å². The van der Waals surface area contributed by atoms with Crippen molar-refractivity contribution in [2.75, 3.05) is 14.1 Å². The highest BCUT2D eigenvalue weighted by Gasteiger charge is 2.22. The van der Waals surface area contributed by atoms with E-state index in [1.54, 1.807) is 0 Å². The van der Waals surface area contributed by atoms with Crippen LogP contribution in [0.4, 0.5) is 0 Å². The smallest absolute Gasteiger partial charge is 0.320 e. The van der Waals surface area contributed by atoms with Crippen LogP contribution in [0, 0.1) is 5.92 Å². The predicted octanol–water partition coefficient (Wildman–Crippen LogP) is 0.375. The molecular formula is C9H20N2O2. The van der Waals surface area contributed by atoms with Crippen molar-refractivity contribution < 1.29 is 9.90 Å². The van der Waals surface area contributed by atoms with Crippen molar-refractivity contribution in [3.8, 4) is 0 Å². The second-order valence-corrected chi connectivity index (χ2v) is 3.96. The number of carboxylic acid groups (broad SMARTS) is 1. The Balaban J connectivity index is 4.18. The van der Waals surface area contributed by atoms with Gasteiger partial charge in [0.25, 0.3) is 0 Å². The molecule has 3 N–H and O–H groups in total. The van der Waals surface area contributed by atoms with Crippen molar-refractivity contribution >= 4 is 5.97 Å². The molecule has 0 saturated carbocycles. The summed E-state index contributed by atoms with van der Waals surface area (Å²) in [4.78, 5) is 12.6. The van der Waals surface area contributed by atoms with Crippen molar-refractivity contribution in [1.82, 2.24) is 4.90 Å². The molecular weight excluding hydrogens is 168 g/mol. The summed E-state index contributed by atoms with van der Waals surface area (Å²) in [7, 11) is 3.89. The van der Waals surface area contributed by atoms with Crippen LogP contribution in [0.25, 0.3) is 0 Å². The van der Waals surface area contributed by atoms with Gasteiger partial charge in [0.1, 0.15) is 6.04 Å². The first-order chi connectivity index (χ1) is 5.86. The summed E-state index contributed by atoms with van der Waals surface area (Å²) < 4.78 is 0. The fourth-order valence-electron chi connectivity index (χ4n) is 1.44. The lowest BCUT2D eigenvalue weighted by atomic mass is 9.96. The van der Waals surface area contributed by atoms with Gasteiger partial charge in [-0.05, 0) is 26.4 Å². The molecule has 0 amide bonds. The van der Waals surface area contributed by atoms with Crippen LogP contribution in [0.2, 0.25) is 0 Å². The first kappa shape index (κ1) is 12.4. The number of hydrogen-bond acceptors (Lipinski definition) is 3. The maximum atomic E-state index is 10.5. The van der Waals surface area contributed by atoms with Crippen LogP contribution in [0.1, 0.15) is 20.3 Å². The van der Waals surface area contributed by atoms with Crippen LogP contribution >= 0.6 is 0 Å². The Morgan fingerprint density at radius 1 is 1.46 bits per heavy atom. The van der Waals surface area contributed by atoms with Gasteiger partial charge in [0.2, 0.25) is 0 Å². The monoisotopic (exact) mass is 188 g/mol. The molecule has 0 spiro atoms. The third kappa shape index (κ3) is 4.24. The van der Waals surface area contributed by atoms with Crippen molar-refractivity contribution in [2.45, 2.75) is 32.4 Å². The molecule has 0 aromatic rings. The molecule has 78 valence electrons. The third-order valence-electron chi connectivity index (χ3n) is 2.25. The second-order valence-electron chi connectivity index (χ2n) is 3.96. The number of hydrogen-bond donors (Lipinski definition) is 2. The Hall–Kier alpha value is -0.610. The normalized spacial score (nSPS) is 16.2. The zero-order valence-electron chi connectivity index (χ0n) is 8.82. The maximum Gasteiger partial charge on any atom is 0.320 e. The summed E-state index contributed by atoms with van der Waals surface area (Å²) in [5.74, 6) is -0.507. The van der Waals surface area contributed by atoms with Crippen molar-refractivity contribution in [2.24, 2.45) is 11.7 Å². The minimum atomic E-state index is -0.924. The van der Waals surface area contributed by atoms with E-state index in [9.17, 15) is 4.79 Å². The molecule has 0 aliphatic carbocycles. The largest absolute Gasteiger partial charge is 0.480 e. The van der Waals surface area contributed by atoms with E-state index in [2.05, 4.69) is 13.8 Å². The van der Waals surface area contributed by atoms with Gasteiger partial charge in [0.15, 0.2) is 0 Å². The summed E-state index contributed by atoms with van der Waals surface area (Å²) in [6.07, 6.45) is 0.500. The van der Waals surface area contributed by atoms with E-state index in [4.69, 9.17) is 10.8 Å². The molecule has 0 saturated heterocycles. The Kier molecular flexibility index (Phi) is 4.95. The number of carbonyl (C=O) groups is 1. The summed E-state index contributed by atoms with van der Waals surface area (Å²) in [5, 5.41) is 8.65. The Labute approximate surface area is 79.7 Å². The molecule has 0 aliphatic heterocycles. The van der Waals surface area contributed by atoms with Crippen molar-refractivity contribution in [1.29, 1.82) is 0 Å². The van der Waals surface area contributed by atoms with Gasteiger partial charge in [0.05, 0.1) is 0 Å². The number of nitrogens with zero attached hydrogens (tertiary/aromatic N) is 1. The van der Waals surface area contributed by atoms with Gasteiger partial charge in [-0.1, -0.05) is 13.8 Å². The zero-order valence-corrected chi connectivity index (χ0v) is 8.82. The molecule has 0 bridgehead atoms. The SMILES string of the molecule is CC(C)C(CC(N)C(=O)O)N(C)C. The van der Waals surface area contributed by atoms with E-state index < -0.39 is 12.0 Å². The van der Waals surface area contributed by atoms with Crippen molar-refractivity contribution in [3.05, 3.63) is 0 Å². The molecule has 0 fully saturated rings. The minimum absolute atomic E-state index is 0.228. The van der Waals surface area contributed by atoms with Crippen LogP contribution in [0.5, 0.6) is 0 Å². The van der Waals surface area contributed by atoms with Crippen LogP contribution in [-0.4, -0.2) is 42.2 Å². The van der Waals surface area contributed by atoms with Gasteiger partial charge >= 0.3 is 5.97 Å². The first-order valence-corrected chi connectivity index (χ1v) is 4.51. The molecule has 2 atom stereocenters. The Morgan fingerprint density at radius 3 is 2.15 bits per heavy atom. The van der Waals surface area contributed by atoms with E-state index in [1.807, 2.05) is 19.0 Å². The maximum absolute atomic E-state index is 10.5. The average Bonchev–Trinajstić information content (AvgIpc) is 1.97. The highest BCUT2D eigenvalue weighted by molar-refractivity contribution is 5.73. The van der Waals surface area contributed by atoms with Crippen LogP contribution in [0.15, 0.2) is 0 Å². The number of rotatable bonds is 5. The topological polar surface area (TPSA) is 66.6 Å². The Morgan fingerprint density at radius 2 is 1.92 bits per heavy atom. The predicted molar refractivity (Wildman–Crippen MR) is 52.5 cm³/mol. The van der Waals surface area contributed by atoms with Crippen LogP contribution in [-0.2, 0) is 4.79 Å². The molecule has 0 radical (unpaired) electrons. The quantitative estimate of drug-likeness (QED) is 0.654. The third-order valence-corrected chi connectivity index (χ3v) is 2.25. The fourth-order valence-corrected chi connectivity index (χ4v) is 1.44. The van der Waals surface area contributed by atoms with E-state index in [-0.39, 0.29) is 6.04 Å². The molecule has 0 aliphatic rings. The van der Waals surface area contributed by atoms with Gasteiger partial charge < -0.3 is 15.7 Å². The molecule has 2 unspecified atom stereocenters. The van der Waals surface area contributed by atoms with E-state index in [1.165, 1.54) is 0 Å². The lowest BCUT2D eigenvalue weighted by molar-refractivity contribution is -0.139. The Bertz CT molecular complexity index is 161. The molecule has 4 heteroatoms. The lowest BCUT2D eigenvalue weighted by Gasteiger charge is -2.29. The minimum Gasteiger partial charge on any atom is -0.480 e. The van der Waals surface area contributed by atoms with Crippen LogP contribution < -0.4 is 5.73 Å². The molecule has 4 nitrogen and oxygen atoms in total. The molecule has 0 heterocycles. The lowest BCUT2D eigenvalue weighted by Crippen LogP contribution is -2.41. The summed E-state index contributed by atoms with van der Waals surface area (Å²) in [6, 6.07) is -0.527. The number of carboxylic acids is 1. The standard InChI is InChI=1S/C9H20N2O2/c1-6(2)8(11(3)4)5-7(10)9(12)13/h6-8H,5,10H2,1-4H3,(H,12,13). The molecule has 0 aromatic carbocycles. The van der Waals surface area contributed by atoms with Crippen molar-refractivity contribution in [3.63, 3.8) is 0 Å². The second kappa shape index (κ2) is 5.19. The number of aliphatic carboxylic acids is 1. The van der Waals surface area contributed by atoms with Gasteiger partial charge in [-0.15, -0.1) is 0 Å². The van der Waals surface area contributed by atoms with Gasteiger partial charge in [-0.2, -0.15) is 0 Å². The highest BCUT2D eigenvalue weighted by atomic mass is 16.4. The van der Waals surface area contributed by atoms with E-state index in [0.29, 0.717) is 12.3 Å². The molecule has 13 heavy (non-hydrogen) atoms. The summed E-state index contributed by atoms with van der Waals surface area (Å²) in [5.41, 5.74) is 5.47. The fraction of sp³-hybridized carbons (Fsp3) is 0.889. The summed E-state index contributed by atoms with van der Waals surface area (Å²) >= 11 is 0. The van der Waals surface area contributed by atoms with Gasteiger partial charge in [-0.3, -0.25) is 4.79 Å². The van der Waals surface area contributed by atoms with E-state index >= 15 is 0 Å². The highest BCUT2D eigenvalue weighted by Crippen LogP contribution is 2.12. The molecule has 0 rings (SSSR count). The van der Waals surface area contributed by atoms with Crippen LogP contribution in [0.3, 0.4) is 0 Å². The first-order valence-electron chi connectivity index (χ1n) is 4.51. The van der Waals surface area contributed by atoms with Gasteiger partial charge in [-0.25, -0.2) is 0 Å². The number of nitrogens with two attached hydrogens (primary N) is 1. The average molecular weight is 188 g/mol.